The van der Waals surface area contributed by atoms with E-state index in [1.54, 1.807) is 6.20 Å². The predicted molar refractivity (Wildman–Crippen MR) is 136 cm³/mol. The van der Waals surface area contributed by atoms with E-state index in [0.717, 1.165) is 28.5 Å². The van der Waals surface area contributed by atoms with Crippen LogP contribution < -0.4 is 10.6 Å². The molecule has 0 spiro atoms. The number of hydrogen-bond acceptors (Lipinski definition) is 4. The van der Waals surface area contributed by atoms with Crippen molar-refractivity contribution in [1.29, 1.82) is 0 Å². The van der Waals surface area contributed by atoms with Crippen LogP contribution in [0.3, 0.4) is 0 Å². The molecule has 0 bridgehead atoms. The van der Waals surface area contributed by atoms with Crippen molar-refractivity contribution in [3.05, 3.63) is 109 Å². The lowest BCUT2D eigenvalue weighted by molar-refractivity contribution is -0.116. The average molecular weight is 469 g/mol. The fraction of sp³-hybridized carbons (Fsp3) is 0.148. The molecule has 0 saturated carbocycles. The van der Waals surface area contributed by atoms with Gasteiger partial charge in [0.05, 0.1) is 11.7 Å². The zero-order chi connectivity index (χ0) is 23.3. The predicted octanol–water partition coefficient (Wildman–Crippen LogP) is 5.34. The Hall–Kier alpha value is -3.97. The Balaban J connectivity index is 1.40. The van der Waals surface area contributed by atoms with Gasteiger partial charge in [-0.15, -0.1) is 0 Å². The SMILES string of the molecule is O=C(CCN1C(=S)NC(c2ccccn2)C1c1ccc(-c2ccccc2)o1)Nc1ccccc1. The summed E-state index contributed by atoms with van der Waals surface area (Å²) in [4.78, 5) is 19.2. The number of nitrogens with one attached hydrogen (secondary N) is 2. The molecule has 6 nitrogen and oxygen atoms in total. The maximum Gasteiger partial charge on any atom is 0.226 e. The van der Waals surface area contributed by atoms with Gasteiger partial charge in [-0.3, -0.25) is 9.78 Å². The molecule has 1 amide bonds. The number of aromatic nitrogens is 1. The molecule has 2 unspecified atom stereocenters. The second-order valence-corrected chi connectivity index (χ2v) is 8.44. The number of furan rings is 1. The Morgan fingerprint density at radius 3 is 2.44 bits per heavy atom. The molecule has 3 heterocycles. The summed E-state index contributed by atoms with van der Waals surface area (Å²) in [7, 11) is 0. The molecule has 1 fully saturated rings. The van der Waals surface area contributed by atoms with Crippen LogP contribution in [-0.2, 0) is 4.79 Å². The number of rotatable bonds is 7. The maximum absolute atomic E-state index is 12.6. The molecule has 0 aliphatic carbocycles. The van der Waals surface area contributed by atoms with Gasteiger partial charge in [0.15, 0.2) is 5.11 Å². The molecule has 1 aliphatic heterocycles. The fourth-order valence-corrected chi connectivity index (χ4v) is 4.52. The van der Waals surface area contributed by atoms with Gasteiger partial charge < -0.3 is 20.0 Å². The van der Waals surface area contributed by atoms with E-state index < -0.39 is 0 Å². The molecule has 1 aliphatic rings. The summed E-state index contributed by atoms with van der Waals surface area (Å²) in [6.45, 7) is 0.444. The zero-order valence-electron chi connectivity index (χ0n) is 18.4. The maximum atomic E-state index is 12.6. The summed E-state index contributed by atoms with van der Waals surface area (Å²) in [6.07, 6.45) is 2.05. The van der Waals surface area contributed by atoms with Crippen LogP contribution in [0.2, 0.25) is 0 Å². The van der Waals surface area contributed by atoms with Gasteiger partial charge in [0, 0.05) is 30.4 Å². The number of hydrogen-bond donors (Lipinski definition) is 2. The van der Waals surface area contributed by atoms with E-state index in [0.29, 0.717) is 11.7 Å². The molecule has 2 atom stereocenters. The van der Waals surface area contributed by atoms with Gasteiger partial charge in [0.2, 0.25) is 5.91 Å². The number of amides is 1. The normalized spacial score (nSPS) is 17.4. The number of para-hydroxylation sites is 1. The van der Waals surface area contributed by atoms with Crippen molar-refractivity contribution < 1.29 is 9.21 Å². The minimum atomic E-state index is -0.232. The molecule has 4 aromatic rings. The molecule has 2 aromatic heterocycles. The molecular formula is C27H24N4O2S. The van der Waals surface area contributed by atoms with E-state index in [1.807, 2.05) is 95.9 Å². The largest absolute Gasteiger partial charge is 0.459 e. The Bertz CT molecular complexity index is 1260. The highest BCUT2D eigenvalue weighted by Crippen LogP contribution is 2.40. The Morgan fingerprint density at radius 2 is 1.71 bits per heavy atom. The molecule has 0 radical (unpaired) electrons. The van der Waals surface area contributed by atoms with E-state index >= 15 is 0 Å². The van der Waals surface area contributed by atoms with Crippen LogP contribution in [-0.4, -0.2) is 27.4 Å². The Kier molecular flexibility index (Phi) is 6.35. The molecular weight excluding hydrogens is 444 g/mol. The summed E-state index contributed by atoms with van der Waals surface area (Å²) in [6, 6.07) is 28.8. The van der Waals surface area contributed by atoms with Gasteiger partial charge in [-0.1, -0.05) is 54.6 Å². The van der Waals surface area contributed by atoms with Crippen LogP contribution in [0, 0.1) is 0 Å². The van der Waals surface area contributed by atoms with Crippen molar-refractivity contribution in [2.24, 2.45) is 0 Å². The van der Waals surface area contributed by atoms with E-state index in [-0.39, 0.29) is 24.4 Å². The smallest absolute Gasteiger partial charge is 0.226 e. The third kappa shape index (κ3) is 4.70. The molecule has 170 valence electrons. The molecule has 1 saturated heterocycles. The van der Waals surface area contributed by atoms with Crippen LogP contribution in [0.5, 0.6) is 0 Å². The third-order valence-corrected chi connectivity index (χ3v) is 6.16. The van der Waals surface area contributed by atoms with Gasteiger partial charge >= 0.3 is 0 Å². The van der Waals surface area contributed by atoms with Gasteiger partial charge in [-0.25, -0.2) is 0 Å². The lowest BCUT2D eigenvalue weighted by Gasteiger charge is -2.25. The van der Waals surface area contributed by atoms with Crippen molar-refractivity contribution in [2.75, 3.05) is 11.9 Å². The van der Waals surface area contributed by atoms with Crippen molar-refractivity contribution >= 4 is 28.9 Å². The fourth-order valence-electron chi connectivity index (χ4n) is 4.19. The van der Waals surface area contributed by atoms with Crippen LogP contribution in [0.1, 0.15) is 30.0 Å². The van der Waals surface area contributed by atoms with Crippen LogP contribution in [0.4, 0.5) is 5.69 Å². The van der Waals surface area contributed by atoms with Gasteiger partial charge in [-0.05, 0) is 48.6 Å². The van der Waals surface area contributed by atoms with Crippen molar-refractivity contribution in [2.45, 2.75) is 18.5 Å². The molecule has 5 rings (SSSR count). The van der Waals surface area contributed by atoms with Gasteiger partial charge in [0.25, 0.3) is 0 Å². The number of carbonyl (C=O) groups excluding carboxylic acids is 1. The minimum Gasteiger partial charge on any atom is -0.459 e. The van der Waals surface area contributed by atoms with Crippen LogP contribution in [0.15, 0.2) is 102 Å². The summed E-state index contributed by atoms with van der Waals surface area (Å²) in [5.41, 5.74) is 2.64. The van der Waals surface area contributed by atoms with Gasteiger partial charge in [-0.2, -0.15) is 0 Å². The quantitative estimate of drug-likeness (QED) is 0.357. The van der Waals surface area contributed by atoms with Crippen molar-refractivity contribution in [3.8, 4) is 11.3 Å². The molecule has 34 heavy (non-hydrogen) atoms. The summed E-state index contributed by atoms with van der Waals surface area (Å²) >= 11 is 5.69. The minimum absolute atomic E-state index is 0.0709. The van der Waals surface area contributed by atoms with Gasteiger partial charge in [0.1, 0.15) is 17.6 Å². The summed E-state index contributed by atoms with van der Waals surface area (Å²) in [5, 5.41) is 6.91. The number of thiocarbonyl (C=S) groups is 1. The Labute approximate surface area is 203 Å². The standard InChI is InChI=1S/C27H24N4O2S/c32-24(29-20-11-5-2-6-12-20)16-18-31-26(25(30-27(31)34)21-13-7-8-17-28-21)23-15-14-22(33-23)19-9-3-1-4-10-19/h1-15,17,25-26H,16,18H2,(H,29,32)(H,30,34). The van der Waals surface area contributed by atoms with E-state index in [1.165, 1.54) is 0 Å². The first-order chi connectivity index (χ1) is 16.7. The highest BCUT2D eigenvalue weighted by Gasteiger charge is 2.41. The first-order valence-electron chi connectivity index (χ1n) is 11.2. The topological polar surface area (TPSA) is 70.4 Å². The lowest BCUT2D eigenvalue weighted by Crippen LogP contribution is -2.32. The summed E-state index contributed by atoms with van der Waals surface area (Å²) in [5.74, 6) is 1.48. The number of pyridine rings is 1. The Morgan fingerprint density at radius 1 is 0.971 bits per heavy atom. The molecule has 7 heteroatoms. The lowest BCUT2D eigenvalue weighted by atomic mass is 10.0. The number of carbonyl (C=O) groups is 1. The average Bonchev–Trinajstić information content (AvgIpc) is 3.49. The third-order valence-electron chi connectivity index (χ3n) is 5.81. The highest BCUT2D eigenvalue weighted by atomic mass is 32.1. The molecule has 2 N–H and O–H groups in total. The second kappa shape index (κ2) is 9.89. The number of benzene rings is 2. The van der Waals surface area contributed by atoms with Crippen LogP contribution in [0.25, 0.3) is 11.3 Å². The van der Waals surface area contributed by atoms with Crippen molar-refractivity contribution in [1.82, 2.24) is 15.2 Å². The van der Waals surface area contributed by atoms with E-state index in [4.69, 9.17) is 16.6 Å². The number of anilines is 1. The van der Waals surface area contributed by atoms with E-state index in [2.05, 4.69) is 15.6 Å². The first-order valence-corrected chi connectivity index (χ1v) is 11.6. The monoisotopic (exact) mass is 468 g/mol. The van der Waals surface area contributed by atoms with Crippen LogP contribution >= 0.6 is 12.2 Å². The first kappa shape index (κ1) is 21.9. The second-order valence-electron chi connectivity index (χ2n) is 8.05. The number of nitrogens with zero attached hydrogens (tertiary/aromatic N) is 2. The molecule has 2 aromatic carbocycles. The summed E-state index contributed by atoms with van der Waals surface area (Å²) < 4.78 is 6.32. The van der Waals surface area contributed by atoms with E-state index in [9.17, 15) is 4.79 Å². The highest BCUT2D eigenvalue weighted by molar-refractivity contribution is 7.80. The van der Waals surface area contributed by atoms with Crippen molar-refractivity contribution in [3.63, 3.8) is 0 Å². The zero-order valence-corrected chi connectivity index (χ0v) is 19.2.